The molecule has 1 aliphatic heterocycles. The van der Waals surface area contributed by atoms with Gasteiger partial charge in [-0.1, -0.05) is 17.7 Å². The smallest absolute Gasteiger partial charge is 0.251 e. The maximum atomic E-state index is 12.1. The zero-order chi connectivity index (χ0) is 14.4. The van der Waals surface area contributed by atoms with Crippen molar-refractivity contribution in [2.45, 2.75) is 6.42 Å². The number of hydrogen-bond donors (Lipinski definition) is 3. The molecule has 0 bridgehead atoms. The molecule has 0 saturated heterocycles. The molecule has 0 aliphatic carbocycles. The van der Waals surface area contributed by atoms with E-state index in [1.807, 2.05) is 0 Å². The first-order chi connectivity index (χ1) is 9.70. The fraction of sp³-hybridized carbons (Fsp3) is 0.333. The number of rotatable bonds is 4. The van der Waals surface area contributed by atoms with E-state index >= 15 is 0 Å². The van der Waals surface area contributed by atoms with Crippen LogP contribution < -0.4 is 16.0 Å². The predicted octanol–water partition coefficient (Wildman–Crippen LogP) is 0.696. The van der Waals surface area contributed by atoms with Crippen LogP contribution in [0.15, 0.2) is 35.9 Å². The molecule has 2 amide bonds. The lowest BCUT2D eigenvalue weighted by molar-refractivity contribution is 0.0956. The molecule has 106 valence electrons. The van der Waals surface area contributed by atoms with Crippen LogP contribution in [0, 0.1) is 0 Å². The average molecular weight is 273 g/mol. The molecule has 5 nitrogen and oxygen atoms in total. The van der Waals surface area contributed by atoms with Crippen molar-refractivity contribution in [3.8, 4) is 0 Å². The van der Waals surface area contributed by atoms with E-state index < -0.39 is 0 Å². The Kier molecular flexibility index (Phi) is 4.90. The van der Waals surface area contributed by atoms with Crippen molar-refractivity contribution in [1.82, 2.24) is 16.0 Å². The molecule has 3 N–H and O–H groups in total. The first-order valence-electron chi connectivity index (χ1n) is 6.69. The minimum atomic E-state index is -0.194. The first-order valence-corrected chi connectivity index (χ1v) is 6.69. The molecule has 1 aliphatic rings. The molecule has 2 rings (SSSR count). The summed E-state index contributed by atoms with van der Waals surface area (Å²) in [5.74, 6) is -0.351. The number of carbonyl (C=O) groups excluding carboxylic acids is 2. The minimum absolute atomic E-state index is 0.157. The van der Waals surface area contributed by atoms with Crippen LogP contribution in [-0.2, 0) is 0 Å². The summed E-state index contributed by atoms with van der Waals surface area (Å²) in [5, 5.41) is 8.66. The Bertz CT molecular complexity index is 538. The van der Waals surface area contributed by atoms with Gasteiger partial charge in [0.15, 0.2) is 0 Å². The molecule has 0 fully saturated rings. The third-order valence-corrected chi connectivity index (χ3v) is 3.25. The van der Waals surface area contributed by atoms with Crippen LogP contribution in [-0.4, -0.2) is 38.5 Å². The zero-order valence-corrected chi connectivity index (χ0v) is 11.5. The van der Waals surface area contributed by atoms with Gasteiger partial charge in [0.2, 0.25) is 0 Å². The number of amides is 2. The Balaban J connectivity index is 1.98. The molecule has 5 heteroatoms. The second-order valence-corrected chi connectivity index (χ2v) is 4.66. The normalized spacial score (nSPS) is 14.3. The van der Waals surface area contributed by atoms with Crippen LogP contribution in [0.4, 0.5) is 0 Å². The van der Waals surface area contributed by atoms with E-state index in [1.54, 1.807) is 31.3 Å². The minimum Gasteiger partial charge on any atom is -0.355 e. The third kappa shape index (κ3) is 3.68. The fourth-order valence-corrected chi connectivity index (χ4v) is 2.07. The van der Waals surface area contributed by atoms with E-state index in [4.69, 9.17) is 0 Å². The Labute approximate surface area is 118 Å². The number of nitrogens with one attached hydrogen (secondary N) is 3. The van der Waals surface area contributed by atoms with Crippen molar-refractivity contribution in [3.63, 3.8) is 0 Å². The Hall–Kier alpha value is -2.14. The lowest BCUT2D eigenvalue weighted by Gasteiger charge is -2.14. The molecular weight excluding hydrogens is 254 g/mol. The molecule has 1 heterocycles. The van der Waals surface area contributed by atoms with E-state index in [9.17, 15) is 9.59 Å². The molecule has 0 unspecified atom stereocenters. The van der Waals surface area contributed by atoms with Crippen molar-refractivity contribution >= 4 is 11.8 Å². The highest BCUT2D eigenvalue weighted by Gasteiger charge is 2.10. The lowest BCUT2D eigenvalue weighted by atomic mass is 10.1. The molecule has 0 atom stereocenters. The van der Waals surface area contributed by atoms with Gasteiger partial charge in [0, 0.05) is 31.3 Å². The summed E-state index contributed by atoms with van der Waals surface area (Å²) in [5.41, 5.74) is 2.22. The van der Waals surface area contributed by atoms with Crippen LogP contribution in [0.2, 0.25) is 0 Å². The highest BCUT2D eigenvalue weighted by atomic mass is 16.2. The average Bonchev–Trinajstić information content (AvgIpc) is 2.53. The van der Waals surface area contributed by atoms with Gasteiger partial charge in [0.1, 0.15) is 0 Å². The maximum Gasteiger partial charge on any atom is 0.251 e. The van der Waals surface area contributed by atoms with Crippen LogP contribution in [0.1, 0.15) is 27.1 Å². The summed E-state index contributed by atoms with van der Waals surface area (Å²) in [6.45, 7) is 2.37. The van der Waals surface area contributed by atoms with Crippen LogP contribution in [0.3, 0.4) is 0 Å². The van der Waals surface area contributed by atoms with Gasteiger partial charge in [-0.25, -0.2) is 0 Å². The molecule has 0 spiro atoms. The summed E-state index contributed by atoms with van der Waals surface area (Å²) >= 11 is 0. The summed E-state index contributed by atoms with van der Waals surface area (Å²) < 4.78 is 0. The third-order valence-electron chi connectivity index (χ3n) is 3.25. The molecule has 1 aromatic carbocycles. The van der Waals surface area contributed by atoms with E-state index in [0.717, 1.165) is 19.5 Å². The van der Waals surface area contributed by atoms with Gasteiger partial charge < -0.3 is 16.0 Å². The van der Waals surface area contributed by atoms with Gasteiger partial charge in [-0.15, -0.1) is 0 Å². The van der Waals surface area contributed by atoms with Gasteiger partial charge in [0.25, 0.3) is 11.8 Å². The highest BCUT2D eigenvalue weighted by Crippen LogP contribution is 2.07. The molecular formula is C15H19N3O2. The number of benzene rings is 1. The Morgan fingerprint density at radius 2 is 2.00 bits per heavy atom. The van der Waals surface area contributed by atoms with Crippen molar-refractivity contribution in [2.24, 2.45) is 0 Å². The summed E-state index contributed by atoms with van der Waals surface area (Å²) in [6.07, 6.45) is 3.06. The van der Waals surface area contributed by atoms with E-state index in [-0.39, 0.29) is 11.8 Å². The van der Waals surface area contributed by atoms with E-state index in [1.165, 1.54) is 5.57 Å². The quantitative estimate of drug-likeness (QED) is 0.707. The summed E-state index contributed by atoms with van der Waals surface area (Å²) in [4.78, 5) is 23.6. The van der Waals surface area contributed by atoms with Gasteiger partial charge in [0.05, 0.1) is 0 Å². The van der Waals surface area contributed by atoms with Crippen LogP contribution >= 0.6 is 0 Å². The van der Waals surface area contributed by atoms with Crippen LogP contribution in [0.25, 0.3) is 0 Å². The van der Waals surface area contributed by atoms with Crippen LogP contribution in [0.5, 0.6) is 0 Å². The number of carbonyl (C=O) groups is 2. The van der Waals surface area contributed by atoms with Crippen molar-refractivity contribution in [2.75, 3.05) is 26.7 Å². The maximum absolute atomic E-state index is 12.1. The van der Waals surface area contributed by atoms with E-state index in [2.05, 4.69) is 22.0 Å². The van der Waals surface area contributed by atoms with Gasteiger partial charge >= 0.3 is 0 Å². The van der Waals surface area contributed by atoms with Gasteiger partial charge in [-0.3, -0.25) is 9.59 Å². The summed E-state index contributed by atoms with van der Waals surface area (Å²) in [7, 11) is 1.57. The van der Waals surface area contributed by atoms with E-state index in [0.29, 0.717) is 17.7 Å². The Morgan fingerprint density at radius 1 is 1.25 bits per heavy atom. The largest absolute Gasteiger partial charge is 0.355 e. The van der Waals surface area contributed by atoms with Gasteiger partial charge in [-0.2, -0.15) is 0 Å². The molecule has 0 saturated carbocycles. The van der Waals surface area contributed by atoms with Crippen molar-refractivity contribution in [3.05, 3.63) is 47.0 Å². The SMILES string of the molecule is CNC(=O)c1cccc(C(=O)NCC2=CCNCC2)c1. The molecule has 1 aromatic rings. The van der Waals surface area contributed by atoms with Crippen molar-refractivity contribution in [1.29, 1.82) is 0 Å². The molecule has 0 radical (unpaired) electrons. The lowest BCUT2D eigenvalue weighted by Crippen LogP contribution is -2.29. The number of hydrogen-bond acceptors (Lipinski definition) is 3. The Morgan fingerprint density at radius 3 is 2.65 bits per heavy atom. The van der Waals surface area contributed by atoms with Crippen molar-refractivity contribution < 1.29 is 9.59 Å². The first kappa shape index (κ1) is 14.3. The molecule has 20 heavy (non-hydrogen) atoms. The predicted molar refractivity (Wildman–Crippen MR) is 77.7 cm³/mol. The topological polar surface area (TPSA) is 70.2 Å². The zero-order valence-electron chi connectivity index (χ0n) is 11.5. The molecule has 0 aromatic heterocycles. The summed E-state index contributed by atoms with van der Waals surface area (Å²) in [6, 6.07) is 6.71. The highest BCUT2D eigenvalue weighted by molar-refractivity contribution is 5.99. The second-order valence-electron chi connectivity index (χ2n) is 4.66. The fourth-order valence-electron chi connectivity index (χ4n) is 2.07. The van der Waals surface area contributed by atoms with Gasteiger partial charge in [-0.05, 0) is 31.2 Å². The standard InChI is InChI=1S/C15H19N3O2/c1-16-14(19)12-3-2-4-13(9-12)15(20)18-10-11-5-7-17-8-6-11/h2-5,9,17H,6-8,10H2,1H3,(H,16,19)(H,18,20). The monoisotopic (exact) mass is 273 g/mol. The second kappa shape index (κ2) is 6.86.